The summed E-state index contributed by atoms with van der Waals surface area (Å²) in [6, 6.07) is 64.8. The van der Waals surface area contributed by atoms with Gasteiger partial charge in [0, 0.05) is 70.8 Å². The highest BCUT2D eigenvalue weighted by Gasteiger charge is 2.30. The second-order valence-corrected chi connectivity index (χ2v) is 17.7. The van der Waals surface area contributed by atoms with Crippen LogP contribution < -0.4 is 19.3 Å². The van der Waals surface area contributed by atoms with Gasteiger partial charge >= 0.3 is 0 Å². The number of pyridine rings is 4. The molecule has 12 nitrogen and oxygen atoms in total. The maximum absolute atomic E-state index is 6.59. The second kappa shape index (κ2) is 17.7. The molecule has 6 aromatic carbocycles. The smallest absolute Gasteiger partial charge is 0.179 e. The summed E-state index contributed by atoms with van der Waals surface area (Å²) in [4.78, 5) is 44.2. The molecule has 2 aliphatic heterocycles. The molecule has 0 saturated heterocycles. The Morgan fingerprint density at radius 3 is 1.05 bits per heavy atom. The number of rotatable bonds is 8. The Labute approximate surface area is 424 Å². The molecule has 12 heteroatoms. The van der Waals surface area contributed by atoms with Gasteiger partial charge in [0.25, 0.3) is 0 Å². The minimum absolute atomic E-state index is 0.465. The van der Waals surface area contributed by atoms with Gasteiger partial charge in [-0.3, -0.25) is 19.9 Å². The summed E-state index contributed by atoms with van der Waals surface area (Å²) < 4.78 is 13.2. The van der Waals surface area contributed by atoms with Crippen LogP contribution in [0.2, 0.25) is 0 Å². The third kappa shape index (κ3) is 7.49. The van der Waals surface area contributed by atoms with Crippen molar-refractivity contribution in [3.63, 3.8) is 0 Å². The molecule has 0 spiro atoms. The highest BCUT2D eigenvalue weighted by Crippen LogP contribution is 2.55. The van der Waals surface area contributed by atoms with E-state index in [1.165, 1.54) is 0 Å². The Bertz CT molecular complexity index is 3640. The molecule has 0 amide bonds. The van der Waals surface area contributed by atoms with Gasteiger partial charge in [-0.2, -0.15) is 0 Å². The molecule has 0 radical (unpaired) electrons. The predicted molar refractivity (Wildman–Crippen MR) is 288 cm³/mol. The molecule has 0 fully saturated rings. The largest absolute Gasteiger partial charge is 0.453 e. The topological polar surface area (TPSA) is 128 Å². The van der Waals surface area contributed by atoms with Crippen LogP contribution in [0.1, 0.15) is 0 Å². The summed E-state index contributed by atoms with van der Waals surface area (Å²) in [7, 11) is 0. The van der Waals surface area contributed by atoms with Gasteiger partial charge in [-0.05, 0) is 144 Å². The molecule has 348 valence electrons. The van der Waals surface area contributed by atoms with Crippen LogP contribution in [-0.4, -0.2) is 39.9 Å². The minimum atomic E-state index is 0.465. The Morgan fingerprint density at radius 2 is 0.689 bits per heavy atom. The normalized spacial score (nSPS) is 12.2. The zero-order valence-electron chi connectivity index (χ0n) is 39.2. The molecule has 14 rings (SSSR count). The van der Waals surface area contributed by atoms with E-state index in [4.69, 9.17) is 39.4 Å². The van der Waals surface area contributed by atoms with Gasteiger partial charge in [0.1, 0.15) is 11.4 Å². The van der Waals surface area contributed by atoms with Crippen molar-refractivity contribution in [1.29, 1.82) is 0 Å². The van der Waals surface area contributed by atoms with Crippen LogP contribution in [-0.2, 0) is 0 Å². The Morgan fingerprint density at radius 1 is 0.311 bits per heavy atom. The number of fused-ring (bicyclic) bond motifs is 5. The fourth-order valence-electron chi connectivity index (χ4n) is 9.79. The van der Waals surface area contributed by atoms with E-state index in [9.17, 15) is 0 Å². The third-order valence-electron chi connectivity index (χ3n) is 13.1. The first-order valence-electron chi connectivity index (χ1n) is 24.0. The standard InChI is InChI=1S/C62H38N10O2/c1-5-23-57-53(19-1)71(54-20-2-6-24-58(54)73-57)41-31-43-44(45(33-41)51-35-49(39-15-13-27-63-37-39)67-61(69-51)47-17-9-11-29-65-47)32-42(72-55-21-3-7-25-59(55)74-60-26-8-4-22-56(60)72)34-46(43)52-36-50(40-16-14-28-64-38-40)68-62(70-52)48-18-10-12-30-66-48/h1-38H. The van der Waals surface area contributed by atoms with Crippen molar-refractivity contribution in [2.45, 2.75) is 0 Å². The molecule has 74 heavy (non-hydrogen) atoms. The lowest BCUT2D eigenvalue weighted by atomic mass is 9.92. The molecular formula is C62H38N10O2. The predicted octanol–water partition coefficient (Wildman–Crippen LogP) is 15.2. The van der Waals surface area contributed by atoms with Gasteiger partial charge in [-0.1, -0.05) is 60.7 Å². The number of hydrogen-bond acceptors (Lipinski definition) is 12. The van der Waals surface area contributed by atoms with Crippen LogP contribution in [0.3, 0.4) is 0 Å². The number of benzene rings is 6. The average Bonchev–Trinajstić information content (AvgIpc) is 3.48. The number of para-hydroxylation sites is 8. The van der Waals surface area contributed by atoms with Crippen molar-refractivity contribution < 1.29 is 9.47 Å². The van der Waals surface area contributed by atoms with Crippen LogP contribution in [0.4, 0.5) is 34.1 Å². The average molecular weight is 955 g/mol. The summed E-state index contributed by atoms with van der Waals surface area (Å²) in [6.07, 6.45) is 10.7. The van der Waals surface area contributed by atoms with Crippen LogP contribution in [0, 0.1) is 0 Å². The molecule has 0 N–H and O–H groups in total. The Kier molecular flexibility index (Phi) is 10.2. The Balaban J connectivity index is 1.14. The monoisotopic (exact) mass is 954 g/mol. The highest BCUT2D eigenvalue weighted by molar-refractivity contribution is 6.10. The molecule has 0 unspecified atom stereocenters. The van der Waals surface area contributed by atoms with Gasteiger partial charge in [0.05, 0.1) is 45.5 Å². The lowest BCUT2D eigenvalue weighted by molar-refractivity contribution is 0.476. The number of nitrogens with zero attached hydrogens (tertiary/aromatic N) is 10. The molecule has 0 saturated carbocycles. The summed E-state index contributed by atoms with van der Waals surface area (Å²) in [5, 5.41) is 1.78. The van der Waals surface area contributed by atoms with Crippen LogP contribution >= 0.6 is 0 Å². The van der Waals surface area contributed by atoms with Gasteiger partial charge in [0.15, 0.2) is 34.6 Å². The maximum Gasteiger partial charge on any atom is 0.179 e. The van der Waals surface area contributed by atoms with E-state index >= 15 is 0 Å². The fraction of sp³-hybridized carbons (Fsp3) is 0. The van der Waals surface area contributed by atoms with Crippen molar-refractivity contribution in [3.8, 4) is 91.1 Å². The molecule has 2 aliphatic rings. The number of hydrogen-bond donors (Lipinski definition) is 0. The number of aromatic nitrogens is 8. The molecule has 0 bridgehead atoms. The van der Waals surface area contributed by atoms with E-state index in [1.807, 2.05) is 158 Å². The van der Waals surface area contributed by atoms with Crippen molar-refractivity contribution in [2.24, 2.45) is 0 Å². The summed E-state index contributed by atoms with van der Waals surface area (Å²) in [5.41, 5.74) is 12.5. The molecular weight excluding hydrogens is 917 g/mol. The van der Waals surface area contributed by atoms with E-state index in [-0.39, 0.29) is 0 Å². The van der Waals surface area contributed by atoms with Crippen molar-refractivity contribution >= 4 is 44.9 Å². The van der Waals surface area contributed by atoms with Crippen LogP contribution in [0.15, 0.2) is 231 Å². The van der Waals surface area contributed by atoms with Crippen molar-refractivity contribution in [3.05, 3.63) is 231 Å². The van der Waals surface area contributed by atoms with Crippen molar-refractivity contribution in [2.75, 3.05) is 9.80 Å². The first-order valence-corrected chi connectivity index (χ1v) is 24.0. The fourth-order valence-corrected chi connectivity index (χ4v) is 9.79. The SMILES string of the molecule is c1ccc(-c2nc(-c3cccnc3)cc(-c3cc(N4c5ccccc5Oc5ccccc54)cc4c(-c5cc(-c6cccnc6)nc(-c6ccccn6)n5)cc(N5c6ccccc6Oc6ccccc65)cc34)n2)nc1. The van der Waals surface area contributed by atoms with Gasteiger partial charge < -0.3 is 19.3 Å². The lowest BCUT2D eigenvalue weighted by Gasteiger charge is -2.34. The second-order valence-electron chi connectivity index (χ2n) is 17.7. The minimum Gasteiger partial charge on any atom is -0.453 e. The van der Waals surface area contributed by atoms with E-state index in [1.54, 1.807) is 24.8 Å². The first kappa shape index (κ1) is 42.4. The van der Waals surface area contributed by atoms with E-state index < -0.39 is 0 Å². The van der Waals surface area contributed by atoms with E-state index in [2.05, 4.69) is 68.3 Å². The first-order chi connectivity index (χ1) is 36.7. The third-order valence-corrected chi connectivity index (χ3v) is 13.1. The van der Waals surface area contributed by atoms with Crippen LogP contribution in [0.25, 0.3) is 78.8 Å². The van der Waals surface area contributed by atoms with Gasteiger partial charge in [-0.25, -0.2) is 19.9 Å². The molecule has 6 aromatic heterocycles. The quantitative estimate of drug-likeness (QED) is 0.144. The number of ether oxygens (including phenoxy) is 2. The highest BCUT2D eigenvalue weighted by atomic mass is 16.5. The summed E-state index contributed by atoms with van der Waals surface area (Å²) in [6.45, 7) is 0. The zero-order chi connectivity index (χ0) is 49.0. The van der Waals surface area contributed by atoms with Crippen molar-refractivity contribution in [1.82, 2.24) is 39.9 Å². The number of anilines is 6. The van der Waals surface area contributed by atoms with Gasteiger partial charge in [-0.15, -0.1) is 0 Å². The molecule has 12 aromatic rings. The summed E-state index contributed by atoms with van der Waals surface area (Å²) in [5.74, 6) is 3.83. The van der Waals surface area contributed by atoms with Gasteiger partial charge in [0.2, 0.25) is 0 Å². The summed E-state index contributed by atoms with van der Waals surface area (Å²) >= 11 is 0. The molecule has 0 aliphatic carbocycles. The van der Waals surface area contributed by atoms with Crippen LogP contribution in [0.5, 0.6) is 23.0 Å². The lowest BCUT2D eigenvalue weighted by Crippen LogP contribution is -2.16. The maximum atomic E-state index is 6.59. The van der Waals surface area contributed by atoms with E-state index in [0.717, 1.165) is 90.1 Å². The van der Waals surface area contributed by atoms with E-state index in [0.29, 0.717) is 45.8 Å². The zero-order valence-corrected chi connectivity index (χ0v) is 39.2. The molecule has 8 heterocycles. The Hall–Kier alpha value is -10.5. The molecule has 0 atom stereocenters.